The van der Waals surface area contributed by atoms with Gasteiger partial charge in [-0.1, -0.05) is 18.5 Å². The number of nitrogens with zero attached hydrogens (tertiary/aromatic N) is 2. The molecule has 6 heteroatoms. The number of anilines is 3. The quantitative estimate of drug-likeness (QED) is 0.848. The summed E-state index contributed by atoms with van der Waals surface area (Å²) in [5.74, 6) is 1.98. The van der Waals surface area contributed by atoms with Crippen molar-refractivity contribution in [3.8, 4) is 0 Å². The molecule has 3 N–H and O–H groups in total. The molecule has 2 rings (SSSR count). The van der Waals surface area contributed by atoms with Crippen molar-refractivity contribution < 1.29 is 0 Å². The minimum absolute atomic E-state index is 0.508. The highest BCUT2D eigenvalue weighted by atomic mass is 79.9. The summed E-state index contributed by atoms with van der Waals surface area (Å²) in [5, 5.41) is 3.89. The van der Waals surface area contributed by atoms with Gasteiger partial charge < -0.3 is 11.1 Å². The van der Waals surface area contributed by atoms with Crippen LogP contribution in [0.4, 0.5) is 17.3 Å². The fourth-order valence-corrected chi connectivity index (χ4v) is 2.18. The second-order valence-corrected chi connectivity index (χ2v) is 5.76. The van der Waals surface area contributed by atoms with Gasteiger partial charge in [-0.05, 0) is 47.5 Å². The van der Waals surface area contributed by atoms with Gasteiger partial charge in [0.05, 0.1) is 5.02 Å². The lowest BCUT2D eigenvalue weighted by atomic mass is 10.2. The molecule has 0 amide bonds. The van der Waals surface area contributed by atoms with Crippen LogP contribution in [-0.4, -0.2) is 9.97 Å². The molecule has 0 aliphatic heterocycles. The van der Waals surface area contributed by atoms with E-state index in [9.17, 15) is 0 Å². The maximum atomic E-state index is 6.09. The Hall–Kier alpha value is -1.33. The number of aromatic nitrogens is 2. The second kappa shape index (κ2) is 6.41. The largest absolute Gasteiger partial charge is 0.383 e. The van der Waals surface area contributed by atoms with Crippen LogP contribution in [0, 0.1) is 6.92 Å². The number of nitrogens with one attached hydrogen (secondary N) is 1. The van der Waals surface area contributed by atoms with E-state index in [1.54, 1.807) is 0 Å². The van der Waals surface area contributed by atoms with Gasteiger partial charge in [0, 0.05) is 22.1 Å². The van der Waals surface area contributed by atoms with Gasteiger partial charge in [0.1, 0.15) is 17.5 Å². The molecule has 0 aliphatic rings. The summed E-state index contributed by atoms with van der Waals surface area (Å²) in [5.41, 5.74) is 7.63. The fraction of sp³-hybridized carbons (Fsp3) is 0.286. The number of hydrogen-bond acceptors (Lipinski definition) is 4. The number of hydrogen-bond donors (Lipinski definition) is 2. The van der Waals surface area contributed by atoms with Gasteiger partial charge in [-0.2, -0.15) is 0 Å². The van der Waals surface area contributed by atoms with Gasteiger partial charge in [-0.25, -0.2) is 9.97 Å². The molecule has 0 saturated heterocycles. The Labute approximate surface area is 131 Å². The van der Waals surface area contributed by atoms with Crippen molar-refractivity contribution >= 4 is 44.9 Å². The molecule has 0 saturated carbocycles. The maximum Gasteiger partial charge on any atom is 0.139 e. The first kappa shape index (κ1) is 15.1. The van der Waals surface area contributed by atoms with E-state index in [-0.39, 0.29) is 0 Å². The minimum atomic E-state index is 0.508. The van der Waals surface area contributed by atoms with Crippen LogP contribution in [-0.2, 0) is 6.42 Å². The summed E-state index contributed by atoms with van der Waals surface area (Å²) in [6.45, 7) is 3.98. The van der Waals surface area contributed by atoms with E-state index in [0.29, 0.717) is 10.8 Å². The first-order valence-corrected chi connectivity index (χ1v) is 7.53. The van der Waals surface area contributed by atoms with E-state index in [4.69, 9.17) is 17.3 Å². The van der Waals surface area contributed by atoms with Crippen LogP contribution >= 0.6 is 27.5 Å². The lowest BCUT2D eigenvalue weighted by molar-refractivity contribution is 0.836. The van der Waals surface area contributed by atoms with E-state index in [0.717, 1.165) is 40.2 Å². The number of nitrogen functional groups attached to an aromatic ring is 1. The Bertz CT molecular complexity index is 631. The first-order chi connectivity index (χ1) is 9.51. The number of rotatable bonds is 4. The molecular weight excluding hydrogens is 340 g/mol. The van der Waals surface area contributed by atoms with Crippen molar-refractivity contribution in [3.63, 3.8) is 0 Å². The fourth-order valence-electron chi connectivity index (χ4n) is 1.75. The molecular formula is C14H16BrClN4. The molecule has 1 aromatic heterocycles. The third-order valence-electron chi connectivity index (χ3n) is 2.89. The topological polar surface area (TPSA) is 63.8 Å². The Balaban J connectivity index is 2.34. The highest BCUT2D eigenvalue weighted by Gasteiger charge is 2.09. The molecule has 106 valence electrons. The number of aryl methyl sites for hydroxylation is 1. The van der Waals surface area contributed by atoms with Gasteiger partial charge in [-0.15, -0.1) is 0 Å². The molecule has 0 radical (unpaired) electrons. The van der Waals surface area contributed by atoms with Crippen LogP contribution in [0.1, 0.15) is 24.7 Å². The van der Waals surface area contributed by atoms with Crippen molar-refractivity contribution in [2.24, 2.45) is 0 Å². The summed E-state index contributed by atoms with van der Waals surface area (Å²) < 4.78 is 0.857. The molecule has 20 heavy (non-hydrogen) atoms. The Morgan fingerprint density at radius 3 is 2.75 bits per heavy atom. The van der Waals surface area contributed by atoms with Crippen molar-refractivity contribution in [2.75, 3.05) is 11.1 Å². The van der Waals surface area contributed by atoms with E-state index in [2.05, 4.69) is 38.1 Å². The Morgan fingerprint density at radius 1 is 1.35 bits per heavy atom. The van der Waals surface area contributed by atoms with E-state index >= 15 is 0 Å². The van der Waals surface area contributed by atoms with E-state index in [1.165, 1.54) is 0 Å². The molecule has 0 unspecified atom stereocenters. The molecule has 0 bridgehead atoms. The predicted molar refractivity (Wildman–Crippen MR) is 87.6 cm³/mol. The molecule has 4 nitrogen and oxygen atoms in total. The summed E-state index contributed by atoms with van der Waals surface area (Å²) in [7, 11) is 0. The van der Waals surface area contributed by atoms with Crippen molar-refractivity contribution in [1.29, 1.82) is 0 Å². The van der Waals surface area contributed by atoms with Gasteiger partial charge in [0.15, 0.2) is 0 Å². The van der Waals surface area contributed by atoms with Gasteiger partial charge >= 0.3 is 0 Å². The molecule has 0 aliphatic carbocycles. The van der Waals surface area contributed by atoms with Crippen LogP contribution < -0.4 is 11.1 Å². The highest BCUT2D eigenvalue weighted by molar-refractivity contribution is 9.10. The van der Waals surface area contributed by atoms with Crippen molar-refractivity contribution in [1.82, 2.24) is 9.97 Å². The molecule has 1 heterocycles. The molecule has 1 aromatic carbocycles. The van der Waals surface area contributed by atoms with Gasteiger partial charge in [-0.3, -0.25) is 0 Å². The third-order valence-corrected chi connectivity index (χ3v) is 4.12. The smallest absolute Gasteiger partial charge is 0.139 e. The monoisotopic (exact) mass is 354 g/mol. The first-order valence-electron chi connectivity index (χ1n) is 6.36. The number of halogens is 2. The zero-order valence-corrected chi connectivity index (χ0v) is 13.7. The van der Waals surface area contributed by atoms with Gasteiger partial charge in [0.25, 0.3) is 0 Å². The molecule has 0 spiro atoms. The number of benzene rings is 1. The van der Waals surface area contributed by atoms with E-state index in [1.807, 2.05) is 25.1 Å². The Morgan fingerprint density at radius 2 is 2.10 bits per heavy atom. The average molecular weight is 356 g/mol. The van der Waals surface area contributed by atoms with Crippen molar-refractivity contribution in [2.45, 2.75) is 26.7 Å². The summed E-state index contributed by atoms with van der Waals surface area (Å²) in [6, 6.07) is 5.65. The van der Waals surface area contributed by atoms with Crippen LogP contribution in [0.15, 0.2) is 22.7 Å². The Kier molecular flexibility index (Phi) is 4.83. The predicted octanol–water partition coefficient (Wildman–Crippen LogP) is 4.48. The zero-order chi connectivity index (χ0) is 14.7. The van der Waals surface area contributed by atoms with Crippen LogP contribution in [0.3, 0.4) is 0 Å². The average Bonchev–Trinajstić information content (AvgIpc) is 2.40. The highest BCUT2D eigenvalue weighted by Crippen LogP contribution is 2.28. The van der Waals surface area contributed by atoms with Crippen LogP contribution in [0.5, 0.6) is 0 Å². The standard InChI is InChI=1S/C14H16BrClN4/c1-3-4-12-19-13(17)8(2)14(20-12)18-9-5-6-10(15)11(16)7-9/h5-7H,3-4H2,1-2H3,(H3,17,18,19,20). The van der Waals surface area contributed by atoms with E-state index < -0.39 is 0 Å². The summed E-state index contributed by atoms with van der Waals surface area (Å²) in [4.78, 5) is 8.80. The lowest BCUT2D eigenvalue weighted by Gasteiger charge is -2.12. The molecule has 0 atom stereocenters. The summed E-state index contributed by atoms with van der Waals surface area (Å²) in [6.07, 6.45) is 1.78. The lowest BCUT2D eigenvalue weighted by Crippen LogP contribution is -2.07. The van der Waals surface area contributed by atoms with Crippen LogP contribution in [0.2, 0.25) is 5.02 Å². The minimum Gasteiger partial charge on any atom is -0.383 e. The normalized spacial score (nSPS) is 10.6. The van der Waals surface area contributed by atoms with Crippen molar-refractivity contribution in [3.05, 3.63) is 39.1 Å². The zero-order valence-electron chi connectivity index (χ0n) is 11.4. The molecule has 2 aromatic rings. The third kappa shape index (κ3) is 3.41. The number of nitrogens with two attached hydrogens (primary N) is 1. The SMILES string of the molecule is CCCc1nc(N)c(C)c(Nc2ccc(Br)c(Cl)c2)n1. The maximum absolute atomic E-state index is 6.09. The second-order valence-electron chi connectivity index (χ2n) is 4.50. The molecule has 0 fully saturated rings. The van der Waals surface area contributed by atoms with Crippen LogP contribution in [0.25, 0.3) is 0 Å². The summed E-state index contributed by atoms with van der Waals surface area (Å²) >= 11 is 9.46. The van der Waals surface area contributed by atoms with Gasteiger partial charge in [0.2, 0.25) is 0 Å².